The van der Waals surface area contributed by atoms with E-state index in [4.69, 9.17) is 24.7 Å². The lowest BCUT2D eigenvalue weighted by Gasteiger charge is -2.13. The van der Waals surface area contributed by atoms with Crippen molar-refractivity contribution in [1.29, 1.82) is 0 Å². The Morgan fingerprint density at radius 1 is 1.00 bits per heavy atom. The van der Waals surface area contributed by atoms with Crippen LogP contribution < -0.4 is 10.5 Å². The van der Waals surface area contributed by atoms with Gasteiger partial charge >= 0.3 is 0 Å². The van der Waals surface area contributed by atoms with Gasteiger partial charge in [0.05, 0.1) is 45.7 Å². The van der Waals surface area contributed by atoms with Gasteiger partial charge < -0.3 is 24.7 Å². The maximum absolute atomic E-state index is 6.05. The van der Waals surface area contributed by atoms with Crippen molar-refractivity contribution in [3.8, 4) is 5.75 Å². The molecule has 114 valence electrons. The van der Waals surface area contributed by atoms with Crippen LogP contribution in [0.5, 0.6) is 5.75 Å². The van der Waals surface area contributed by atoms with Gasteiger partial charge in [-0.05, 0) is 24.6 Å². The highest BCUT2D eigenvalue weighted by Gasteiger charge is 2.06. The first-order valence-electron chi connectivity index (χ1n) is 6.90. The molecule has 0 aliphatic heterocycles. The molecule has 0 aliphatic rings. The summed E-state index contributed by atoms with van der Waals surface area (Å²) in [7, 11) is 1.65. The highest BCUT2D eigenvalue weighted by molar-refractivity contribution is 5.29. The van der Waals surface area contributed by atoms with E-state index >= 15 is 0 Å². The van der Waals surface area contributed by atoms with Crippen molar-refractivity contribution in [1.82, 2.24) is 0 Å². The SMILES string of the molecule is CCOc1ccc(C(N)COCCOCCOC)cc1. The standard InChI is InChI=1S/C15H25NO4/c1-3-20-14-6-4-13(5-7-14)15(16)12-19-11-10-18-9-8-17-2/h4-7,15H,3,8-12,16H2,1-2H3. The fourth-order valence-corrected chi connectivity index (χ4v) is 1.65. The maximum Gasteiger partial charge on any atom is 0.119 e. The van der Waals surface area contributed by atoms with Gasteiger partial charge in [0.15, 0.2) is 0 Å². The zero-order valence-electron chi connectivity index (χ0n) is 12.3. The Bertz CT molecular complexity index is 342. The molecule has 1 unspecified atom stereocenters. The molecular formula is C15H25NO4. The van der Waals surface area contributed by atoms with E-state index in [1.165, 1.54) is 0 Å². The Labute approximate surface area is 121 Å². The molecule has 1 aromatic carbocycles. The largest absolute Gasteiger partial charge is 0.494 e. The maximum atomic E-state index is 6.05. The number of nitrogens with two attached hydrogens (primary N) is 1. The van der Waals surface area contributed by atoms with E-state index in [1.807, 2.05) is 31.2 Å². The zero-order chi connectivity index (χ0) is 14.6. The topological polar surface area (TPSA) is 62.9 Å². The van der Waals surface area contributed by atoms with E-state index in [0.29, 0.717) is 39.6 Å². The van der Waals surface area contributed by atoms with E-state index < -0.39 is 0 Å². The molecule has 20 heavy (non-hydrogen) atoms. The number of hydrogen-bond donors (Lipinski definition) is 1. The molecular weight excluding hydrogens is 258 g/mol. The number of rotatable bonds is 11. The lowest BCUT2D eigenvalue weighted by molar-refractivity contribution is 0.0216. The molecule has 1 atom stereocenters. The predicted octanol–water partition coefficient (Wildman–Crippen LogP) is 1.76. The predicted molar refractivity (Wildman–Crippen MR) is 78.1 cm³/mol. The van der Waals surface area contributed by atoms with Crippen molar-refractivity contribution >= 4 is 0 Å². The van der Waals surface area contributed by atoms with Crippen LogP contribution in [0.1, 0.15) is 18.5 Å². The molecule has 0 saturated heterocycles. The second-order valence-electron chi connectivity index (χ2n) is 4.29. The lowest BCUT2D eigenvalue weighted by Crippen LogP contribution is -2.19. The van der Waals surface area contributed by atoms with Crippen molar-refractivity contribution in [2.75, 3.05) is 46.8 Å². The van der Waals surface area contributed by atoms with E-state index in [0.717, 1.165) is 11.3 Å². The van der Waals surface area contributed by atoms with Gasteiger partial charge in [-0.25, -0.2) is 0 Å². The molecule has 0 radical (unpaired) electrons. The Hall–Kier alpha value is -1.14. The van der Waals surface area contributed by atoms with Crippen LogP contribution in [-0.4, -0.2) is 46.8 Å². The third-order valence-corrected chi connectivity index (χ3v) is 2.72. The Morgan fingerprint density at radius 2 is 1.65 bits per heavy atom. The van der Waals surface area contributed by atoms with Crippen LogP contribution in [-0.2, 0) is 14.2 Å². The summed E-state index contributed by atoms with van der Waals surface area (Å²) >= 11 is 0. The van der Waals surface area contributed by atoms with E-state index in [2.05, 4.69) is 0 Å². The van der Waals surface area contributed by atoms with E-state index in [1.54, 1.807) is 7.11 Å². The van der Waals surface area contributed by atoms with E-state index in [9.17, 15) is 0 Å². The molecule has 0 amide bonds. The summed E-state index contributed by atoms with van der Waals surface area (Å²) in [4.78, 5) is 0. The van der Waals surface area contributed by atoms with Crippen molar-refractivity contribution in [2.45, 2.75) is 13.0 Å². The summed E-state index contributed by atoms with van der Waals surface area (Å²) in [6.45, 7) is 5.38. The average Bonchev–Trinajstić information content (AvgIpc) is 2.47. The second kappa shape index (κ2) is 10.6. The van der Waals surface area contributed by atoms with Gasteiger partial charge in [0.2, 0.25) is 0 Å². The first kappa shape index (κ1) is 16.9. The van der Waals surface area contributed by atoms with Crippen LogP contribution in [0.25, 0.3) is 0 Å². The summed E-state index contributed by atoms with van der Waals surface area (Å²) in [5.41, 5.74) is 7.09. The molecule has 1 rings (SSSR count). The lowest BCUT2D eigenvalue weighted by atomic mass is 10.1. The Morgan fingerprint density at radius 3 is 2.30 bits per heavy atom. The van der Waals surface area contributed by atoms with Crippen molar-refractivity contribution < 1.29 is 18.9 Å². The molecule has 1 aromatic rings. The fourth-order valence-electron chi connectivity index (χ4n) is 1.65. The van der Waals surface area contributed by atoms with Gasteiger partial charge in [-0.1, -0.05) is 12.1 Å². The molecule has 0 bridgehead atoms. The van der Waals surface area contributed by atoms with Gasteiger partial charge in [-0.2, -0.15) is 0 Å². The minimum Gasteiger partial charge on any atom is -0.494 e. The molecule has 0 aliphatic carbocycles. The molecule has 0 spiro atoms. The first-order valence-corrected chi connectivity index (χ1v) is 6.90. The van der Waals surface area contributed by atoms with Crippen LogP contribution in [0.2, 0.25) is 0 Å². The summed E-state index contributed by atoms with van der Waals surface area (Å²) in [5.74, 6) is 0.857. The summed E-state index contributed by atoms with van der Waals surface area (Å²) in [6, 6.07) is 7.64. The average molecular weight is 283 g/mol. The van der Waals surface area contributed by atoms with Gasteiger partial charge in [-0.3, -0.25) is 0 Å². The highest BCUT2D eigenvalue weighted by atomic mass is 16.5. The quantitative estimate of drug-likeness (QED) is 0.627. The summed E-state index contributed by atoms with van der Waals surface area (Å²) in [6.07, 6.45) is 0. The molecule has 2 N–H and O–H groups in total. The fraction of sp³-hybridized carbons (Fsp3) is 0.600. The van der Waals surface area contributed by atoms with Crippen molar-refractivity contribution in [3.63, 3.8) is 0 Å². The van der Waals surface area contributed by atoms with Crippen LogP contribution >= 0.6 is 0 Å². The summed E-state index contributed by atoms with van der Waals surface area (Å²) in [5, 5.41) is 0. The second-order valence-corrected chi connectivity index (χ2v) is 4.29. The Balaban J connectivity index is 2.17. The monoisotopic (exact) mass is 283 g/mol. The Kier molecular flexibility index (Phi) is 8.98. The van der Waals surface area contributed by atoms with Gasteiger partial charge in [0.25, 0.3) is 0 Å². The third kappa shape index (κ3) is 6.86. The van der Waals surface area contributed by atoms with Gasteiger partial charge in [0.1, 0.15) is 5.75 Å². The molecule has 0 saturated carbocycles. The van der Waals surface area contributed by atoms with Crippen molar-refractivity contribution in [3.05, 3.63) is 29.8 Å². The third-order valence-electron chi connectivity index (χ3n) is 2.72. The van der Waals surface area contributed by atoms with Crippen molar-refractivity contribution in [2.24, 2.45) is 5.73 Å². The van der Waals surface area contributed by atoms with Gasteiger partial charge in [-0.15, -0.1) is 0 Å². The van der Waals surface area contributed by atoms with Crippen LogP contribution in [0, 0.1) is 0 Å². The number of benzene rings is 1. The number of hydrogen-bond acceptors (Lipinski definition) is 5. The minimum absolute atomic E-state index is 0.135. The van der Waals surface area contributed by atoms with Crippen LogP contribution in [0.4, 0.5) is 0 Å². The van der Waals surface area contributed by atoms with Crippen LogP contribution in [0.15, 0.2) is 24.3 Å². The molecule has 5 nitrogen and oxygen atoms in total. The molecule has 0 heterocycles. The minimum atomic E-state index is -0.135. The molecule has 0 aromatic heterocycles. The van der Waals surface area contributed by atoms with Gasteiger partial charge in [0, 0.05) is 7.11 Å². The summed E-state index contributed by atoms with van der Waals surface area (Å²) < 4.78 is 21.0. The highest BCUT2D eigenvalue weighted by Crippen LogP contribution is 2.16. The van der Waals surface area contributed by atoms with E-state index in [-0.39, 0.29) is 6.04 Å². The molecule has 5 heteroatoms. The smallest absolute Gasteiger partial charge is 0.119 e. The zero-order valence-corrected chi connectivity index (χ0v) is 12.3. The first-order chi connectivity index (χ1) is 9.77. The normalized spacial score (nSPS) is 12.3. The number of methoxy groups -OCH3 is 1. The van der Waals surface area contributed by atoms with Crippen LogP contribution in [0.3, 0.4) is 0 Å². The molecule has 0 fully saturated rings. The number of ether oxygens (including phenoxy) is 4.